The molecule has 2 heterocycles. The lowest BCUT2D eigenvalue weighted by molar-refractivity contribution is 0.127. The lowest BCUT2D eigenvalue weighted by atomic mass is 10.1. The van der Waals surface area contributed by atoms with Crippen LogP contribution < -0.4 is 11.5 Å². The van der Waals surface area contributed by atoms with Crippen LogP contribution in [0.3, 0.4) is 0 Å². The average Bonchev–Trinajstić information content (AvgIpc) is 2.89. The third-order valence-electron chi connectivity index (χ3n) is 4.23. The van der Waals surface area contributed by atoms with Crippen LogP contribution in [0.25, 0.3) is 0 Å². The van der Waals surface area contributed by atoms with Gasteiger partial charge in [-0.3, -0.25) is 4.90 Å². The number of hydrogen-bond acceptors (Lipinski definition) is 7. The number of nitrogens with two attached hydrogens (primary N) is 2. The fraction of sp³-hybridized carbons (Fsp3) is 0.529. The molecule has 1 aliphatic rings. The van der Waals surface area contributed by atoms with Crippen LogP contribution in [0.1, 0.15) is 46.0 Å². The number of rotatable bonds is 8. The predicted octanol–water partition coefficient (Wildman–Crippen LogP) is 2.00. The van der Waals surface area contributed by atoms with E-state index in [1.807, 2.05) is 13.0 Å². The van der Waals surface area contributed by atoms with Gasteiger partial charge in [0.15, 0.2) is 11.8 Å². The first-order valence-electron chi connectivity index (χ1n) is 8.71. The molecule has 0 spiro atoms. The molecule has 1 atom stereocenters. The highest BCUT2D eigenvalue weighted by Crippen LogP contribution is 2.37. The number of likely N-dealkylation sites (N-methyl/N-ethyl adjacent to an activating group) is 1. The fourth-order valence-electron chi connectivity index (χ4n) is 3.05. The van der Waals surface area contributed by atoms with Crippen LogP contribution in [-0.2, 0) is 5.79 Å². The van der Waals surface area contributed by atoms with Crippen LogP contribution >= 0.6 is 0 Å². The molecule has 0 aromatic carbocycles. The van der Waals surface area contributed by atoms with Gasteiger partial charge in [0.1, 0.15) is 0 Å². The molecule has 0 radical (unpaired) electrons. The number of allylic oxidation sites excluding steroid dienone is 1. The molecule has 0 saturated carbocycles. The monoisotopic (exact) mass is 348 g/mol. The summed E-state index contributed by atoms with van der Waals surface area (Å²) in [5, 5.41) is 20.5. The van der Waals surface area contributed by atoms with Crippen molar-refractivity contribution in [1.29, 1.82) is 0 Å². The Bertz CT molecular complexity index is 659. The Morgan fingerprint density at radius 2 is 1.80 bits per heavy atom. The van der Waals surface area contributed by atoms with Gasteiger partial charge in [0.05, 0.1) is 0 Å². The van der Waals surface area contributed by atoms with Gasteiger partial charge in [-0.05, 0) is 25.8 Å². The number of guanidine groups is 2. The molecule has 1 aromatic heterocycles. The van der Waals surface area contributed by atoms with Gasteiger partial charge >= 0.3 is 0 Å². The SMILES string of the molecule is CCCCCCC=CC1(n2c(O)ccc2O)N=C(N)N=C(N)N1CC. The summed E-state index contributed by atoms with van der Waals surface area (Å²) in [4.78, 5) is 10.1. The predicted molar refractivity (Wildman–Crippen MR) is 99.3 cm³/mol. The Morgan fingerprint density at radius 1 is 1.12 bits per heavy atom. The van der Waals surface area contributed by atoms with Crippen molar-refractivity contribution in [3.8, 4) is 11.8 Å². The second-order valence-corrected chi connectivity index (χ2v) is 6.01. The van der Waals surface area contributed by atoms with Crippen molar-refractivity contribution in [3.05, 3.63) is 24.3 Å². The number of aromatic nitrogens is 1. The first-order chi connectivity index (χ1) is 12.0. The summed E-state index contributed by atoms with van der Waals surface area (Å²) in [7, 11) is 0. The maximum Gasteiger partial charge on any atom is 0.244 e. The van der Waals surface area contributed by atoms with Crippen LogP contribution in [0.5, 0.6) is 11.8 Å². The second kappa shape index (κ2) is 7.96. The maximum atomic E-state index is 10.3. The van der Waals surface area contributed by atoms with Crippen LogP contribution in [0.2, 0.25) is 0 Å². The number of hydrogen-bond donors (Lipinski definition) is 4. The van der Waals surface area contributed by atoms with Gasteiger partial charge in [0.2, 0.25) is 17.7 Å². The lowest BCUT2D eigenvalue weighted by Gasteiger charge is -2.42. The molecular formula is C17H28N6O2. The van der Waals surface area contributed by atoms with Crippen molar-refractivity contribution in [3.63, 3.8) is 0 Å². The van der Waals surface area contributed by atoms with Crippen LogP contribution in [0.4, 0.5) is 0 Å². The molecule has 8 nitrogen and oxygen atoms in total. The third kappa shape index (κ3) is 3.72. The Balaban J connectivity index is 2.42. The van der Waals surface area contributed by atoms with Gasteiger partial charge in [-0.1, -0.05) is 32.3 Å². The van der Waals surface area contributed by atoms with Crippen molar-refractivity contribution in [1.82, 2.24) is 9.47 Å². The van der Waals surface area contributed by atoms with E-state index in [1.54, 1.807) is 11.0 Å². The summed E-state index contributed by atoms with van der Waals surface area (Å²) in [6.45, 7) is 4.52. The summed E-state index contributed by atoms with van der Waals surface area (Å²) in [5.41, 5.74) is 11.9. The van der Waals surface area contributed by atoms with E-state index < -0.39 is 5.79 Å². The summed E-state index contributed by atoms with van der Waals surface area (Å²) in [6, 6.07) is 2.79. The number of aliphatic imine (C=N–C) groups is 2. The van der Waals surface area contributed by atoms with E-state index in [4.69, 9.17) is 11.5 Å². The molecule has 8 heteroatoms. The zero-order chi connectivity index (χ0) is 18.4. The smallest absolute Gasteiger partial charge is 0.244 e. The van der Waals surface area contributed by atoms with Gasteiger partial charge in [0, 0.05) is 18.7 Å². The van der Waals surface area contributed by atoms with Gasteiger partial charge in [-0.25, -0.2) is 4.57 Å². The molecule has 0 amide bonds. The van der Waals surface area contributed by atoms with Crippen LogP contribution in [0.15, 0.2) is 34.3 Å². The maximum absolute atomic E-state index is 10.3. The molecule has 6 N–H and O–H groups in total. The quantitative estimate of drug-likeness (QED) is 0.422. The molecule has 1 aromatic rings. The number of unbranched alkanes of at least 4 members (excludes halogenated alkanes) is 4. The standard InChI is InChI=1S/C17H28N6O2/c1-3-5-6-7-8-9-12-17(23-13(24)10-11-14(23)25)21-15(18)20-16(19)22(17)4-2/h9-12,24-25H,3-8H2,1-2H3,(H4,18,19,20,21). The zero-order valence-electron chi connectivity index (χ0n) is 14.9. The molecule has 0 bridgehead atoms. The summed E-state index contributed by atoms with van der Waals surface area (Å²) in [5.74, 6) is -1.40. The Kier molecular flexibility index (Phi) is 5.95. The first-order valence-corrected chi connectivity index (χ1v) is 8.71. The van der Waals surface area contributed by atoms with Crippen molar-refractivity contribution in [2.24, 2.45) is 21.5 Å². The Hall–Kier alpha value is -2.64. The van der Waals surface area contributed by atoms with E-state index >= 15 is 0 Å². The summed E-state index contributed by atoms with van der Waals surface area (Å²) in [6.07, 6.45) is 9.22. The molecule has 1 aliphatic heterocycles. The third-order valence-corrected chi connectivity index (χ3v) is 4.23. The Morgan fingerprint density at radius 3 is 2.40 bits per heavy atom. The molecule has 0 saturated heterocycles. The molecule has 0 aliphatic carbocycles. The fourth-order valence-corrected chi connectivity index (χ4v) is 3.05. The molecular weight excluding hydrogens is 320 g/mol. The van der Waals surface area contributed by atoms with Crippen molar-refractivity contribution in [2.45, 2.75) is 51.7 Å². The zero-order valence-corrected chi connectivity index (χ0v) is 14.9. The topological polar surface area (TPSA) is 125 Å². The highest BCUT2D eigenvalue weighted by molar-refractivity contribution is 5.95. The van der Waals surface area contributed by atoms with Gasteiger partial charge in [0.25, 0.3) is 0 Å². The average molecular weight is 348 g/mol. The minimum absolute atomic E-state index is 0.00895. The summed E-state index contributed by atoms with van der Waals surface area (Å²) >= 11 is 0. The van der Waals surface area contributed by atoms with E-state index in [-0.39, 0.29) is 23.7 Å². The van der Waals surface area contributed by atoms with E-state index in [0.717, 1.165) is 19.3 Å². The molecule has 25 heavy (non-hydrogen) atoms. The molecule has 1 unspecified atom stereocenters. The minimum atomic E-state index is -1.28. The van der Waals surface area contributed by atoms with E-state index in [1.165, 1.54) is 29.5 Å². The van der Waals surface area contributed by atoms with E-state index in [0.29, 0.717) is 6.54 Å². The van der Waals surface area contributed by atoms with Gasteiger partial charge in [-0.15, -0.1) is 0 Å². The molecule has 138 valence electrons. The summed E-state index contributed by atoms with van der Waals surface area (Å²) < 4.78 is 1.29. The highest BCUT2D eigenvalue weighted by Gasteiger charge is 2.42. The van der Waals surface area contributed by atoms with Crippen molar-refractivity contribution in [2.75, 3.05) is 6.54 Å². The van der Waals surface area contributed by atoms with E-state index in [9.17, 15) is 10.2 Å². The normalized spacial score (nSPS) is 20.8. The van der Waals surface area contributed by atoms with Crippen LogP contribution in [0, 0.1) is 0 Å². The first kappa shape index (κ1) is 18.7. The Labute approximate surface area is 148 Å². The van der Waals surface area contributed by atoms with Gasteiger partial charge < -0.3 is 21.7 Å². The number of aromatic hydroxyl groups is 2. The van der Waals surface area contributed by atoms with Crippen LogP contribution in [-0.4, -0.2) is 38.1 Å². The highest BCUT2D eigenvalue weighted by atomic mass is 16.3. The van der Waals surface area contributed by atoms with Crippen molar-refractivity contribution < 1.29 is 10.2 Å². The van der Waals surface area contributed by atoms with Crippen molar-refractivity contribution >= 4 is 11.9 Å². The molecule has 0 fully saturated rings. The molecule has 2 rings (SSSR count). The van der Waals surface area contributed by atoms with E-state index in [2.05, 4.69) is 16.9 Å². The second-order valence-electron chi connectivity index (χ2n) is 6.01. The number of nitrogens with zero attached hydrogens (tertiary/aromatic N) is 4. The largest absolute Gasteiger partial charge is 0.494 e. The minimum Gasteiger partial charge on any atom is -0.494 e. The lowest BCUT2D eigenvalue weighted by Crippen LogP contribution is -2.56. The van der Waals surface area contributed by atoms with Gasteiger partial charge in [-0.2, -0.15) is 9.98 Å².